The summed E-state index contributed by atoms with van der Waals surface area (Å²) in [5.74, 6) is 0.860. The van der Waals surface area contributed by atoms with Gasteiger partial charge in [0.05, 0.1) is 0 Å². The number of nitrogens with one attached hydrogen (secondary N) is 1. The summed E-state index contributed by atoms with van der Waals surface area (Å²) in [6.07, 6.45) is 3.87. The number of nitrogens with zero attached hydrogens (tertiary/aromatic N) is 1. The van der Waals surface area contributed by atoms with Crippen molar-refractivity contribution in [1.29, 1.82) is 0 Å². The van der Waals surface area contributed by atoms with E-state index in [9.17, 15) is 0 Å². The monoisotopic (exact) mass is 260 g/mol. The Morgan fingerprint density at radius 3 is 2.79 bits per heavy atom. The van der Waals surface area contributed by atoms with Crippen LogP contribution in [0.4, 0.5) is 0 Å². The van der Waals surface area contributed by atoms with Crippen molar-refractivity contribution < 1.29 is 0 Å². The second-order valence-corrected chi connectivity index (χ2v) is 6.11. The molecule has 0 radical (unpaired) electrons. The molecule has 2 rings (SSSR count). The quantitative estimate of drug-likeness (QED) is 0.811. The van der Waals surface area contributed by atoms with Crippen molar-refractivity contribution in [2.24, 2.45) is 5.92 Å². The zero-order valence-electron chi connectivity index (χ0n) is 12.4. The molecule has 2 nitrogen and oxygen atoms in total. The Hall–Kier alpha value is -0.860. The second kappa shape index (κ2) is 7.66. The fourth-order valence-electron chi connectivity index (χ4n) is 2.84. The highest BCUT2D eigenvalue weighted by Crippen LogP contribution is 2.16. The highest BCUT2D eigenvalue weighted by molar-refractivity contribution is 5.14. The highest BCUT2D eigenvalue weighted by atomic mass is 15.1. The summed E-state index contributed by atoms with van der Waals surface area (Å²) < 4.78 is 0. The lowest BCUT2D eigenvalue weighted by molar-refractivity contribution is 0.316. The zero-order chi connectivity index (χ0) is 13.5. The lowest BCUT2D eigenvalue weighted by Crippen LogP contribution is -2.31. The Kier molecular flexibility index (Phi) is 5.87. The summed E-state index contributed by atoms with van der Waals surface area (Å²) in [7, 11) is 0. The van der Waals surface area contributed by atoms with Gasteiger partial charge in [-0.3, -0.25) is 0 Å². The molecule has 1 atom stereocenters. The van der Waals surface area contributed by atoms with Gasteiger partial charge in [-0.2, -0.15) is 0 Å². The molecule has 1 aromatic carbocycles. The largest absolute Gasteiger partial charge is 0.314 e. The molecule has 19 heavy (non-hydrogen) atoms. The van der Waals surface area contributed by atoms with Gasteiger partial charge in [-0.15, -0.1) is 0 Å². The highest BCUT2D eigenvalue weighted by Gasteiger charge is 2.21. The van der Waals surface area contributed by atoms with Crippen LogP contribution in [0.2, 0.25) is 0 Å². The maximum atomic E-state index is 3.56. The van der Waals surface area contributed by atoms with E-state index in [-0.39, 0.29) is 0 Å². The smallest absolute Gasteiger partial charge is 0.00223 e. The molecule has 1 aliphatic rings. The van der Waals surface area contributed by atoms with Gasteiger partial charge < -0.3 is 10.2 Å². The van der Waals surface area contributed by atoms with Crippen LogP contribution in [0.15, 0.2) is 30.3 Å². The van der Waals surface area contributed by atoms with Crippen LogP contribution in [-0.4, -0.2) is 37.1 Å². The fraction of sp³-hybridized carbons (Fsp3) is 0.647. The molecule has 2 heteroatoms. The van der Waals surface area contributed by atoms with E-state index in [2.05, 4.69) is 54.4 Å². The van der Waals surface area contributed by atoms with Crippen molar-refractivity contribution in [3.63, 3.8) is 0 Å². The Morgan fingerprint density at radius 1 is 1.26 bits per heavy atom. The van der Waals surface area contributed by atoms with Crippen LogP contribution in [-0.2, 0) is 6.42 Å². The van der Waals surface area contributed by atoms with E-state index >= 15 is 0 Å². The Morgan fingerprint density at radius 2 is 2.05 bits per heavy atom. The molecule has 1 heterocycles. The molecule has 0 saturated carbocycles. The number of rotatable bonds is 7. The first-order valence-corrected chi connectivity index (χ1v) is 7.73. The third-order valence-corrected chi connectivity index (χ3v) is 3.97. The molecule has 0 aromatic heterocycles. The lowest BCUT2D eigenvalue weighted by Gasteiger charge is -2.17. The molecule has 106 valence electrons. The van der Waals surface area contributed by atoms with Crippen molar-refractivity contribution in [3.05, 3.63) is 35.9 Å². The number of aryl methyl sites for hydroxylation is 1. The molecule has 1 aliphatic heterocycles. The summed E-state index contributed by atoms with van der Waals surface area (Å²) in [5.41, 5.74) is 1.47. The summed E-state index contributed by atoms with van der Waals surface area (Å²) in [6, 6.07) is 11.5. The minimum atomic E-state index is 0.618. The van der Waals surface area contributed by atoms with Crippen molar-refractivity contribution in [2.75, 3.05) is 26.2 Å². The minimum Gasteiger partial charge on any atom is -0.314 e. The average molecular weight is 260 g/mol. The first-order chi connectivity index (χ1) is 9.24. The van der Waals surface area contributed by atoms with Crippen LogP contribution in [0, 0.1) is 5.92 Å². The predicted molar refractivity (Wildman–Crippen MR) is 82.4 cm³/mol. The van der Waals surface area contributed by atoms with Gasteiger partial charge in [-0.1, -0.05) is 44.2 Å². The van der Waals surface area contributed by atoms with E-state index in [0.717, 1.165) is 5.92 Å². The molecule has 0 aliphatic carbocycles. The summed E-state index contributed by atoms with van der Waals surface area (Å²) in [6.45, 7) is 9.48. The molecule has 1 unspecified atom stereocenters. The Balaban J connectivity index is 1.60. The number of benzene rings is 1. The van der Waals surface area contributed by atoms with E-state index in [4.69, 9.17) is 0 Å². The first-order valence-electron chi connectivity index (χ1n) is 7.73. The SMILES string of the molecule is CC(C)NCC1CCN(CCCc2ccccc2)C1. The average Bonchev–Trinajstić information content (AvgIpc) is 2.86. The molecular weight excluding hydrogens is 232 g/mol. The topological polar surface area (TPSA) is 15.3 Å². The van der Waals surface area contributed by atoms with E-state index in [1.807, 2.05) is 0 Å². The lowest BCUT2D eigenvalue weighted by atomic mass is 10.1. The maximum absolute atomic E-state index is 3.56. The third kappa shape index (κ3) is 5.33. The van der Waals surface area contributed by atoms with Crippen molar-refractivity contribution in [1.82, 2.24) is 10.2 Å². The predicted octanol–water partition coefficient (Wildman–Crippen LogP) is 2.94. The number of hydrogen-bond acceptors (Lipinski definition) is 2. The van der Waals surface area contributed by atoms with E-state index in [1.54, 1.807) is 0 Å². The molecule has 1 aromatic rings. The van der Waals surface area contributed by atoms with Crippen molar-refractivity contribution in [2.45, 2.75) is 39.2 Å². The second-order valence-electron chi connectivity index (χ2n) is 6.11. The minimum absolute atomic E-state index is 0.618. The molecule has 1 N–H and O–H groups in total. The standard InChI is InChI=1S/C17H28N2/c1-15(2)18-13-17-10-12-19(14-17)11-6-9-16-7-4-3-5-8-16/h3-5,7-8,15,17-18H,6,9-14H2,1-2H3. The van der Waals surface area contributed by atoms with Gasteiger partial charge in [0.25, 0.3) is 0 Å². The van der Waals surface area contributed by atoms with E-state index in [1.165, 1.54) is 51.0 Å². The zero-order valence-corrected chi connectivity index (χ0v) is 12.4. The molecule has 0 amide bonds. The Labute approximate surface area is 118 Å². The third-order valence-electron chi connectivity index (χ3n) is 3.97. The first kappa shape index (κ1) is 14.5. The summed E-state index contributed by atoms with van der Waals surface area (Å²) in [5, 5.41) is 3.56. The molecule has 1 saturated heterocycles. The van der Waals surface area contributed by atoms with Crippen LogP contribution in [0.3, 0.4) is 0 Å². The normalized spacial score (nSPS) is 20.3. The molecule has 0 spiro atoms. The molecule has 0 bridgehead atoms. The van der Waals surface area contributed by atoms with Gasteiger partial charge in [0.15, 0.2) is 0 Å². The van der Waals surface area contributed by atoms with Gasteiger partial charge in [-0.25, -0.2) is 0 Å². The number of hydrogen-bond donors (Lipinski definition) is 1. The summed E-state index contributed by atoms with van der Waals surface area (Å²) in [4.78, 5) is 2.63. The molecule has 1 fully saturated rings. The Bertz CT molecular complexity index is 348. The fourth-order valence-corrected chi connectivity index (χ4v) is 2.84. The maximum Gasteiger partial charge on any atom is 0.00223 e. The van der Waals surface area contributed by atoms with Crippen molar-refractivity contribution in [3.8, 4) is 0 Å². The van der Waals surface area contributed by atoms with Crippen LogP contribution >= 0.6 is 0 Å². The van der Waals surface area contributed by atoms with Crippen LogP contribution in [0.25, 0.3) is 0 Å². The van der Waals surface area contributed by atoms with Crippen LogP contribution in [0.5, 0.6) is 0 Å². The van der Waals surface area contributed by atoms with E-state index < -0.39 is 0 Å². The van der Waals surface area contributed by atoms with Gasteiger partial charge in [-0.05, 0) is 50.4 Å². The summed E-state index contributed by atoms with van der Waals surface area (Å²) >= 11 is 0. The van der Waals surface area contributed by atoms with E-state index in [0.29, 0.717) is 6.04 Å². The number of likely N-dealkylation sites (tertiary alicyclic amines) is 1. The van der Waals surface area contributed by atoms with Gasteiger partial charge in [0, 0.05) is 12.6 Å². The van der Waals surface area contributed by atoms with Gasteiger partial charge in [0.2, 0.25) is 0 Å². The molecular formula is C17H28N2. The van der Waals surface area contributed by atoms with Gasteiger partial charge in [0.1, 0.15) is 0 Å². The van der Waals surface area contributed by atoms with Crippen LogP contribution < -0.4 is 5.32 Å². The van der Waals surface area contributed by atoms with Crippen molar-refractivity contribution >= 4 is 0 Å². The van der Waals surface area contributed by atoms with Crippen LogP contribution in [0.1, 0.15) is 32.3 Å². The van der Waals surface area contributed by atoms with Gasteiger partial charge >= 0.3 is 0 Å².